The molecule has 1 aliphatic rings. The molecule has 6 heteroatoms. The molecule has 1 saturated carbocycles. The number of alkyl halides is 3. The monoisotopic (exact) mass is 303 g/mol. The fourth-order valence-corrected chi connectivity index (χ4v) is 3.07. The summed E-state index contributed by atoms with van der Waals surface area (Å²) in [7, 11) is 0. The number of nitrogens with zero attached hydrogens (tertiary/aromatic N) is 2. The largest absolute Gasteiger partial charge is 0.390 e. The van der Waals surface area contributed by atoms with Gasteiger partial charge in [0.15, 0.2) is 0 Å². The van der Waals surface area contributed by atoms with Gasteiger partial charge in [0, 0.05) is 18.7 Å². The first-order valence-electron chi connectivity index (χ1n) is 7.82. The minimum absolute atomic E-state index is 0.326. The van der Waals surface area contributed by atoms with E-state index in [0.29, 0.717) is 19.0 Å². The molecule has 1 fully saturated rings. The molecule has 1 unspecified atom stereocenters. The predicted octanol–water partition coefficient (Wildman–Crippen LogP) is 3.86. The van der Waals surface area contributed by atoms with Gasteiger partial charge in [-0.15, -0.1) is 0 Å². The third-order valence-electron chi connectivity index (χ3n) is 4.04. The van der Waals surface area contributed by atoms with Gasteiger partial charge in [-0.3, -0.25) is 4.68 Å². The quantitative estimate of drug-likeness (QED) is 0.865. The zero-order chi connectivity index (χ0) is 15.3. The van der Waals surface area contributed by atoms with E-state index in [1.54, 1.807) is 0 Å². The molecule has 21 heavy (non-hydrogen) atoms. The van der Waals surface area contributed by atoms with Crippen LogP contribution in [0.15, 0.2) is 12.3 Å². The Morgan fingerprint density at radius 1 is 1.33 bits per heavy atom. The molecule has 0 spiro atoms. The average molecular weight is 303 g/mol. The molecule has 1 aromatic heterocycles. The fourth-order valence-electron chi connectivity index (χ4n) is 3.07. The summed E-state index contributed by atoms with van der Waals surface area (Å²) >= 11 is 0. The fraction of sp³-hybridized carbons (Fsp3) is 0.800. The maximum absolute atomic E-state index is 12.6. The summed E-state index contributed by atoms with van der Waals surface area (Å²) in [6.45, 7) is 2.36. The number of hydrogen-bond acceptors (Lipinski definition) is 2. The lowest BCUT2D eigenvalue weighted by Crippen LogP contribution is -2.35. The van der Waals surface area contributed by atoms with Crippen molar-refractivity contribution in [2.45, 2.75) is 70.1 Å². The van der Waals surface area contributed by atoms with Crippen LogP contribution in [0.3, 0.4) is 0 Å². The summed E-state index contributed by atoms with van der Waals surface area (Å²) in [6, 6.07) is 1.69. The molecule has 1 aliphatic carbocycles. The first-order valence-corrected chi connectivity index (χ1v) is 7.82. The third kappa shape index (κ3) is 5.34. The highest BCUT2D eigenvalue weighted by Crippen LogP contribution is 2.28. The second-order valence-electron chi connectivity index (χ2n) is 5.86. The summed E-state index contributed by atoms with van der Waals surface area (Å²) in [5.74, 6) is 0. The molecule has 0 radical (unpaired) electrons. The van der Waals surface area contributed by atoms with E-state index in [0.717, 1.165) is 18.5 Å². The Bertz CT molecular complexity index is 422. The molecule has 1 atom stereocenters. The number of hydrogen-bond donors (Lipinski definition) is 1. The lowest BCUT2D eigenvalue weighted by molar-refractivity contribution is -0.139. The Balaban J connectivity index is 1.95. The maximum atomic E-state index is 12.6. The Labute approximate surface area is 123 Å². The van der Waals surface area contributed by atoms with Crippen LogP contribution in [-0.4, -0.2) is 28.5 Å². The highest BCUT2D eigenvalue weighted by atomic mass is 19.4. The third-order valence-corrected chi connectivity index (χ3v) is 4.04. The van der Waals surface area contributed by atoms with Crippen molar-refractivity contribution in [2.24, 2.45) is 0 Å². The molecular weight excluding hydrogens is 279 g/mol. The second kappa shape index (κ2) is 7.29. The molecule has 0 aliphatic heterocycles. The van der Waals surface area contributed by atoms with Crippen LogP contribution < -0.4 is 5.32 Å². The van der Waals surface area contributed by atoms with Crippen molar-refractivity contribution in [3.05, 3.63) is 18.0 Å². The van der Waals surface area contributed by atoms with E-state index in [-0.39, 0.29) is 0 Å². The van der Waals surface area contributed by atoms with Gasteiger partial charge in [-0.1, -0.05) is 26.2 Å². The van der Waals surface area contributed by atoms with E-state index in [1.165, 1.54) is 19.3 Å². The van der Waals surface area contributed by atoms with Crippen LogP contribution in [0.4, 0.5) is 13.2 Å². The molecule has 120 valence electrons. The molecule has 0 amide bonds. The van der Waals surface area contributed by atoms with Crippen LogP contribution in [0.2, 0.25) is 0 Å². The molecular formula is C15H24F3N3. The van der Waals surface area contributed by atoms with Gasteiger partial charge in [0.2, 0.25) is 0 Å². The zero-order valence-corrected chi connectivity index (χ0v) is 12.5. The molecule has 1 aromatic rings. The van der Waals surface area contributed by atoms with Crippen molar-refractivity contribution >= 4 is 0 Å². The van der Waals surface area contributed by atoms with Crippen LogP contribution in [0.25, 0.3) is 0 Å². The van der Waals surface area contributed by atoms with Crippen molar-refractivity contribution in [3.8, 4) is 0 Å². The van der Waals surface area contributed by atoms with Crippen molar-refractivity contribution in [1.82, 2.24) is 15.1 Å². The van der Waals surface area contributed by atoms with Gasteiger partial charge in [0.05, 0.1) is 18.2 Å². The van der Waals surface area contributed by atoms with E-state index in [2.05, 4.69) is 10.4 Å². The summed E-state index contributed by atoms with van der Waals surface area (Å²) in [5.41, 5.74) is 0.746. The first-order chi connectivity index (χ1) is 9.98. The van der Waals surface area contributed by atoms with Crippen molar-refractivity contribution in [1.29, 1.82) is 0 Å². The predicted molar refractivity (Wildman–Crippen MR) is 76.2 cm³/mol. The van der Waals surface area contributed by atoms with E-state index < -0.39 is 18.6 Å². The molecule has 3 nitrogen and oxygen atoms in total. The second-order valence-corrected chi connectivity index (χ2v) is 5.86. The minimum Gasteiger partial charge on any atom is -0.314 e. The SMILES string of the molecule is CCNC(Cc1ccn(C2CCCCC2)n1)CC(F)(F)F. The Morgan fingerprint density at radius 2 is 2.05 bits per heavy atom. The molecule has 2 rings (SSSR count). The summed E-state index contributed by atoms with van der Waals surface area (Å²) in [6.07, 6.45) is 3.26. The molecule has 0 aromatic carbocycles. The van der Waals surface area contributed by atoms with Gasteiger partial charge in [-0.2, -0.15) is 18.3 Å². The van der Waals surface area contributed by atoms with Gasteiger partial charge in [-0.05, 0) is 25.5 Å². The van der Waals surface area contributed by atoms with E-state index >= 15 is 0 Å². The summed E-state index contributed by atoms with van der Waals surface area (Å²) < 4.78 is 39.6. The van der Waals surface area contributed by atoms with Crippen molar-refractivity contribution < 1.29 is 13.2 Å². The smallest absolute Gasteiger partial charge is 0.314 e. The van der Waals surface area contributed by atoms with E-state index in [4.69, 9.17) is 0 Å². The van der Waals surface area contributed by atoms with Gasteiger partial charge in [-0.25, -0.2) is 0 Å². The highest BCUT2D eigenvalue weighted by molar-refractivity contribution is 5.03. The van der Waals surface area contributed by atoms with E-state index in [9.17, 15) is 13.2 Å². The standard InChI is InChI=1S/C15H24F3N3/c1-2-19-13(11-15(16,17)18)10-12-8-9-21(20-12)14-6-4-3-5-7-14/h8-9,13-14,19H,2-7,10-11H2,1H3. The maximum Gasteiger partial charge on any atom is 0.390 e. The molecule has 1 N–H and O–H groups in total. The van der Waals surface area contributed by atoms with Crippen LogP contribution in [-0.2, 0) is 6.42 Å². The summed E-state index contributed by atoms with van der Waals surface area (Å²) in [4.78, 5) is 0. The van der Waals surface area contributed by atoms with Gasteiger partial charge in [0.25, 0.3) is 0 Å². The van der Waals surface area contributed by atoms with Crippen LogP contribution in [0.5, 0.6) is 0 Å². The van der Waals surface area contributed by atoms with Crippen LogP contribution in [0.1, 0.15) is 57.2 Å². The Hall–Kier alpha value is -1.04. The first kappa shape index (κ1) is 16.3. The molecule has 1 heterocycles. The highest BCUT2D eigenvalue weighted by Gasteiger charge is 2.32. The number of likely N-dealkylation sites (N-methyl/N-ethyl adjacent to an activating group) is 1. The minimum atomic E-state index is -4.14. The van der Waals surface area contributed by atoms with Gasteiger partial charge in [0.1, 0.15) is 0 Å². The molecule has 0 bridgehead atoms. The lowest BCUT2D eigenvalue weighted by Gasteiger charge is -2.22. The topological polar surface area (TPSA) is 29.9 Å². The van der Waals surface area contributed by atoms with Crippen molar-refractivity contribution in [2.75, 3.05) is 6.54 Å². The number of nitrogens with one attached hydrogen (secondary N) is 1. The van der Waals surface area contributed by atoms with Crippen LogP contribution >= 0.6 is 0 Å². The number of rotatable bonds is 6. The van der Waals surface area contributed by atoms with E-state index in [1.807, 2.05) is 23.9 Å². The van der Waals surface area contributed by atoms with Gasteiger partial charge >= 0.3 is 6.18 Å². The van der Waals surface area contributed by atoms with Crippen molar-refractivity contribution in [3.63, 3.8) is 0 Å². The summed E-state index contributed by atoms with van der Waals surface area (Å²) in [5, 5.41) is 7.40. The van der Waals surface area contributed by atoms with Crippen LogP contribution in [0, 0.1) is 0 Å². The normalized spacial score (nSPS) is 18.9. The average Bonchev–Trinajstić information content (AvgIpc) is 2.87. The van der Waals surface area contributed by atoms with Gasteiger partial charge < -0.3 is 5.32 Å². The zero-order valence-electron chi connectivity index (χ0n) is 12.5. The Morgan fingerprint density at radius 3 is 2.67 bits per heavy atom. The molecule has 0 saturated heterocycles. The lowest BCUT2D eigenvalue weighted by atomic mass is 9.96. The number of halogens is 3. The Kier molecular flexibility index (Phi) is 5.67. The number of aromatic nitrogens is 2.